The Balaban J connectivity index is 1.77. The molecule has 2 rings (SSSR count). The van der Waals surface area contributed by atoms with Crippen LogP contribution in [0.3, 0.4) is 0 Å². The van der Waals surface area contributed by atoms with Gasteiger partial charge in [0.05, 0.1) is 19.3 Å². The molecular weight excluding hydrogens is 294 g/mol. The van der Waals surface area contributed by atoms with Gasteiger partial charge in [-0.1, -0.05) is 15.9 Å². The normalized spacial score (nSPS) is 17.1. The number of hydrogen-bond acceptors (Lipinski definition) is 3. The Kier molecular flexibility index (Phi) is 5.47. The SMILES string of the molecule is COCCOC1CCN(c2ccc(Br)cc2)CC1. The lowest BCUT2D eigenvalue weighted by molar-refractivity contribution is 0.00610. The van der Waals surface area contributed by atoms with Crippen LogP contribution in [0.2, 0.25) is 0 Å². The summed E-state index contributed by atoms with van der Waals surface area (Å²) in [7, 11) is 1.71. The summed E-state index contributed by atoms with van der Waals surface area (Å²) in [5.41, 5.74) is 1.30. The fourth-order valence-corrected chi connectivity index (χ4v) is 2.50. The molecule has 0 saturated carbocycles. The van der Waals surface area contributed by atoms with E-state index in [1.165, 1.54) is 5.69 Å². The highest BCUT2D eigenvalue weighted by Crippen LogP contribution is 2.23. The lowest BCUT2D eigenvalue weighted by Crippen LogP contribution is -2.37. The maximum atomic E-state index is 5.77. The van der Waals surface area contributed by atoms with Crippen molar-refractivity contribution in [2.24, 2.45) is 0 Å². The van der Waals surface area contributed by atoms with Crippen molar-refractivity contribution in [3.8, 4) is 0 Å². The van der Waals surface area contributed by atoms with Crippen LogP contribution in [0.5, 0.6) is 0 Å². The molecule has 4 heteroatoms. The highest BCUT2D eigenvalue weighted by atomic mass is 79.9. The Hall–Kier alpha value is -0.580. The molecule has 1 saturated heterocycles. The van der Waals surface area contributed by atoms with Crippen molar-refractivity contribution in [3.05, 3.63) is 28.7 Å². The number of benzene rings is 1. The molecule has 1 aromatic rings. The smallest absolute Gasteiger partial charge is 0.0704 e. The molecule has 0 radical (unpaired) electrons. The van der Waals surface area contributed by atoms with E-state index in [-0.39, 0.29) is 0 Å². The Morgan fingerprint density at radius 2 is 1.83 bits per heavy atom. The van der Waals surface area contributed by atoms with Gasteiger partial charge in [-0.3, -0.25) is 0 Å². The van der Waals surface area contributed by atoms with Gasteiger partial charge in [-0.25, -0.2) is 0 Å². The minimum absolute atomic E-state index is 0.395. The molecule has 18 heavy (non-hydrogen) atoms. The Morgan fingerprint density at radius 1 is 1.17 bits per heavy atom. The molecule has 0 N–H and O–H groups in total. The average Bonchev–Trinajstić information content (AvgIpc) is 2.41. The molecule has 0 aromatic heterocycles. The Bertz CT molecular complexity index is 347. The molecule has 1 aromatic carbocycles. The third-order valence-electron chi connectivity index (χ3n) is 3.27. The predicted octanol–water partition coefficient (Wildman–Crippen LogP) is 3.08. The fourth-order valence-electron chi connectivity index (χ4n) is 2.23. The van der Waals surface area contributed by atoms with Crippen LogP contribution in [0.4, 0.5) is 5.69 Å². The van der Waals surface area contributed by atoms with Gasteiger partial charge in [0.1, 0.15) is 0 Å². The van der Waals surface area contributed by atoms with Crippen molar-refractivity contribution in [3.63, 3.8) is 0 Å². The summed E-state index contributed by atoms with van der Waals surface area (Å²) in [6, 6.07) is 8.51. The molecule has 0 unspecified atom stereocenters. The fraction of sp³-hybridized carbons (Fsp3) is 0.571. The molecule has 1 aliphatic rings. The van der Waals surface area contributed by atoms with Crippen LogP contribution in [-0.4, -0.2) is 39.5 Å². The summed E-state index contributed by atoms with van der Waals surface area (Å²) < 4.78 is 11.9. The van der Waals surface area contributed by atoms with Crippen LogP contribution in [0, 0.1) is 0 Å². The van der Waals surface area contributed by atoms with Crippen molar-refractivity contribution < 1.29 is 9.47 Å². The van der Waals surface area contributed by atoms with E-state index < -0.39 is 0 Å². The van der Waals surface area contributed by atoms with Gasteiger partial charge in [-0.2, -0.15) is 0 Å². The first-order chi connectivity index (χ1) is 8.79. The van der Waals surface area contributed by atoms with E-state index >= 15 is 0 Å². The maximum absolute atomic E-state index is 5.77. The second-order valence-electron chi connectivity index (χ2n) is 4.53. The first-order valence-corrected chi connectivity index (χ1v) is 7.20. The van der Waals surface area contributed by atoms with E-state index in [1.807, 2.05) is 0 Å². The molecule has 0 amide bonds. The van der Waals surface area contributed by atoms with Crippen molar-refractivity contribution in [1.82, 2.24) is 0 Å². The van der Waals surface area contributed by atoms with Gasteiger partial charge >= 0.3 is 0 Å². The third-order valence-corrected chi connectivity index (χ3v) is 3.80. The summed E-state index contributed by atoms with van der Waals surface area (Å²) in [5, 5.41) is 0. The van der Waals surface area contributed by atoms with Crippen LogP contribution in [0.1, 0.15) is 12.8 Å². The zero-order valence-electron chi connectivity index (χ0n) is 10.8. The van der Waals surface area contributed by atoms with Gasteiger partial charge < -0.3 is 14.4 Å². The standard InChI is InChI=1S/C14H20BrNO2/c1-17-10-11-18-14-6-8-16(9-7-14)13-4-2-12(15)3-5-13/h2-5,14H,6-11H2,1H3. The largest absolute Gasteiger partial charge is 0.382 e. The zero-order chi connectivity index (χ0) is 12.8. The van der Waals surface area contributed by atoms with Crippen LogP contribution < -0.4 is 4.90 Å². The van der Waals surface area contributed by atoms with Gasteiger partial charge in [0.2, 0.25) is 0 Å². The molecule has 0 atom stereocenters. The van der Waals surface area contributed by atoms with Gasteiger partial charge in [-0.15, -0.1) is 0 Å². The number of hydrogen-bond donors (Lipinski definition) is 0. The quantitative estimate of drug-likeness (QED) is 0.780. The molecule has 1 fully saturated rings. The third kappa shape index (κ3) is 3.97. The molecule has 1 aliphatic heterocycles. The van der Waals surface area contributed by atoms with E-state index in [0.29, 0.717) is 19.3 Å². The van der Waals surface area contributed by atoms with Gasteiger partial charge in [-0.05, 0) is 37.1 Å². The summed E-state index contributed by atoms with van der Waals surface area (Å²) in [6.45, 7) is 3.53. The number of halogens is 1. The van der Waals surface area contributed by atoms with E-state index in [9.17, 15) is 0 Å². The first-order valence-electron chi connectivity index (χ1n) is 6.40. The van der Waals surface area contributed by atoms with Crippen molar-refractivity contribution in [2.45, 2.75) is 18.9 Å². The summed E-state index contributed by atoms with van der Waals surface area (Å²) in [6.07, 6.45) is 2.59. The molecule has 3 nitrogen and oxygen atoms in total. The topological polar surface area (TPSA) is 21.7 Å². The van der Waals surface area contributed by atoms with Gasteiger partial charge in [0, 0.05) is 30.4 Å². The second-order valence-corrected chi connectivity index (χ2v) is 5.44. The monoisotopic (exact) mass is 313 g/mol. The number of piperidine rings is 1. The molecule has 0 aliphatic carbocycles. The number of anilines is 1. The summed E-state index contributed by atoms with van der Waals surface area (Å²) >= 11 is 3.46. The maximum Gasteiger partial charge on any atom is 0.0704 e. The van der Waals surface area contributed by atoms with Crippen molar-refractivity contribution >= 4 is 21.6 Å². The number of methoxy groups -OCH3 is 1. The zero-order valence-corrected chi connectivity index (χ0v) is 12.4. The van der Waals surface area contributed by atoms with Crippen LogP contribution >= 0.6 is 15.9 Å². The van der Waals surface area contributed by atoms with E-state index in [0.717, 1.165) is 30.4 Å². The highest BCUT2D eigenvalue weighted by Gasteiger charge is 2.19. The van der Waals surface area contributed by atoms with E-state index in [1.54, 1.807) is 7.11 Å². The number of nitrogens with zero attached hydrogens (tertiary/aromatic N) is 1. The first kappa shape index (κ1) is 13.8. The minimum Gasteiger partial charge on any atom is -0.382 e. The molecular formula is C14H20BrNO2. The average molecular weight is 314 g/mol. The lowest BCUT2D eigenvalue weighted by atomic mass is 10.1. The van der Waals surface area contributed by atoms with Gasteiger partial charge in [0.25, 0.3) is 0 Å². The Morgan fingerprint density at radius 3 is 2.44 bits per heavy atom. The van der Waals surface area contributed by atoms with Crippen molar-refractivity contribution in [1.29, 1.82) is 0 Å². The summed E-state index contributed by atoms with van der Waals surface area (Å²) in [4.78, 5) is 2.42. The number of rotatable bonds is 5. The summed E-state index contributed by atoms with van der Waals surface area (Å²) in [5.74, 6) is 0. The second kappa shape index (κ2) is 7.12. The highest BCUT2D eigenvalue weighted by molar-refractivity contribution is 9.10. The van der Waals surface area contributed by atoms with E-state index in [4.69, 9.17) is 9.47 Å². The van der Waals surface area contributed by atoms with Crippen LogP contribution in [-0.2, 0) is 9.47 Å². The van der Waals surface area contributed by atoms with Crippen LogP contribution in [0.25, 0.3) is 0 Å². The Labute approximate surface area is 117 Å². The van der Waals surface area contributed by atoms with Crippen molar-refractivity contribution in [2.75, 3.05) is 38.3 Å². The molecule has 1 heterocycles. The molecule has 100 valence electrons. The van der Waals surface area contributed by atoms with Gasteiger partial charge in [0.15, 0.2) is 0 Å². The van der Waals surface area contributed by atoms with Crippen LogP contribution in [0.15, 0.2) is 28.7 Å². The predicted molar refractivity (Wildman–Crippen MR) is 77.2 cm³/mol. The van der Waals surface area contributed by atoms with E-state index in [2.05, 4.69) is 45.1 Å². The molecule has 0 spiro atoms. The number of ether oxygens (including phenoxy) is 2. The molecule has 0 bridgehead atoms. The lowest BCUT2D eigenvalue weighted by Gasteiger charge is -2.33. The minimum atomic E-state index is 0.395.